The van der Waals surface area contributed by atoms with E-state index < -0.39 is 17.5 Å². The standard InChI is InChI=1S/C37H59N5O4/c1-25(2)31(40(10)36(46)32(37(6,7)8)38-33(43)29-19-14-15-21-41(29)26(3)4)23-27(5)34(44)42-22-16-20-30(42)35(45)39(9)24-28-17-12-11-13-18-28/h11-13,17-18,23,25-26,29-32H,14-16,19-22,24H2,1-10H3,(H,38,43)/b27-23+/t29?,30-,31+,32+/m0/s1. The zero-order chi connectivity index (χ0) is 34.3. The largest absolute Gasteiger partial charge is 0.342 e. The fraction of sp³-hybridized carbons (Fsp3) is 0.676. The number of benzene rings is 1. The molecule has 0 spiro atoms. The van der Waals surface area contributed by atoms with Gasteiger partial charge in [0.15, 0.2) is 0 Å². The summed E-state index contributed by atoms with van der Waals surface area (Å²) in [7, 11) is 3.54. The molecule has 1 unspecified atom stereocenters. The van der Waals surface area contributed by atoms with Gasteiger partial charge in [-0.05, 0) is 69.9 Å². The van der Waals surface area contributed by atoms with Crippen LogP contribution in [0.2, 0.25) is 0 Å². The Morgan fingerprint density at radius 1 is 0.935 bits per heavy atom. The Kier molecular flexibility index (Phi) is 13.0. The predicted molar refractivity (Wildman–Crippen MR) is 184 cm³/mol. The highest BCUT2D eigenvalue weighted by atomic mass is 16.2. The summed E-state index contributed by atoms with van der Waals surface area (Å²) in [4.78, 5) is 62.4. The molecule has 0 saturated carbocycles. The quantitative estimate of drug-likeness (QED) is 0.350. The van der Waals surface area contributed by atoms with Crippen LogP contribution in [0.4, 0.5) is 0 Å². The van der Waals surface area contributed by atoms with E-state index in [0.29, 0.717) is 25.1 Å². The van der Waals surface area contributed by atoms with Gasteiger partial charge in [0.25, 0.3) is 0 Å². The highest BCUT2D eigenvalue weighted by Gasteiger charge is 2.40. The fourth-order valence-corrected chi connectivity index (χ4v) is 6.85. The molecule has 2 heterocycles. The molecule has 0 aromatic heterocycles. The number of amides is 4. The Morgan fingerprint density at radius 2 is 1.57 bits per heavy atom. The van der Waals surface area contributed by atoms with Crippen molar-refractivity contribution in [1.82, 2.24) is 24.9 Å². The van der Waals surface area contributed by atoms with Crippen LogP contribution >= 0.6 is 0 Å². The first-order valence-corrected chi connectivity index (χ1v) is 17.2. The molecule has 2 aliphatic rings. The number of piperidine rings is 1. The van der Waals surface area contributed by atoms with Crippen LogP contribution in [-0.4, -0.2) is 101 Å². The lowest BCUT2D eigenvalue weighted by atomic mass is 9.84. The second-order valence-corrected chi connectivity index (χ2v) is 15.0. The van der Waals surface area contributed by atoms with Gasteiger partial charge < -0.3 is 20.0 Å². The minimum Gasteiger partial charge on any atom is -0.342 e. The maximum absolute atomic E-state index is 14.2. The average Bonchev–Trinajstić information content (AvgIpc) is 3.50. The first-order chi connectivity index (χ1) is 21.5. The molecule has 2 fully saturated rings. The Labute approximate surface area is 277 Å². The molecule has 9 nitrogen and oxygen atoms in total. The first-order valence-electron chi connectivity index (χ1n) is 17.2. The second kappa shape index (κ2) is 16.1. The molecule has 2 saturated heterocycles. The van der Waals surface area contributed by atoms with E-state index in [2.05, 4.69) is 24.1 Å². The highest BCUT2D eigenvalue weighted by molar-refractivity contribution is 5.97. The monoisotopic (exact) mass is 637 g/mol. The molecule has 1 N–H and O–H groups in total. The summed E-state index contributed by atoms with van der Waals surface area (Å²) in [5.41, 5.74) is 1.02. The molecule has 4 atom stereocenters. The summed E-state index contributed by atoms with van der Waals surface area (Å²) in [5, 5.41) is 3.14. The summed E-state index contributed by atoms with van der Waals surface area (Å²) < 4.78 is 0. The molecular weight excluding hydrogens is 578 g/mol. The smallest absolute Gasteiger partial charge is 0.249 e. The van der Waals surface area contributed by atoms with E-state index in [4.69, 9.17) is 0 Å². The normalized spacial score (nSPS) is 20.9. The Balaban J connectivity index is 1.77. The lowest BCUT2D eigenvalue weighted by Gasteiger charge is -2.41. The van der Waals surface area contributed by atoms with Crippen molar-refractivity contribution in [3.8, 4) is 0 Å². The third-order valence-electron chi connectivity index (χ3n) is 9.58. The third-order valence-corrected chi connectivity index (χ3v) is 9.58. The van der Waals surface area contributed by atoms with Crippen molar-refractivity contribution < 1.29 is 19.2 Å². The molecule has 46 heavy (non-hydrogen) atoms. The van der Waals surface area contributed by atoms with Crippen molar-refractivity contribution >= 4 is 23.6 Å². The minimum atomic E-state index is -0.729. The topological polar surface area (TPSA) is 93.3 Å². The van der Waals surface area contributed by atoms with Crippen molar-refractivity contribution in [2.75, 3.05) is 27.2 Å². The summed E-state index contributed by atoms with van der Waals surface area (Å²) in [6, 6.07) is 8.22. The van der Waals surface area contributed by atoms with Crippen LogP contribution in [0.1, 0.15) is 93.1 Å². The summed E-state index contributed by atoms with van der Waals surface area (Å²) in [5.74, 6) is -0.509. The van der Waals surface area contributed by atoms with Gasteiger partial charge in [-0.2, -0.15) is 0 Å². The minimum absolute atomic E-state index is 0.0100. The van der Waals surface area contributed by atoms with E-state index in [9.17, 15) is 19.2 Å². The van der Waals surface area contributed by atoms with Crippen LogP contribution in [0.25, 0.3) is 0 Å². The number of likely N-dealkylation sites (tertiary alicyclic amines) is 2. The Bertz CT molecular complexity index is 1240. The van der Waals surface area contributed by atoms with Crippen LogP contribution in [-0.2, 0) is 25.7 Å². The fourth-order valence-electron chi connectivity index (χ4n) is 6.85. The molecular formula is C37H59N5O4. The van der Waals surface area contributed by atoms with Crippen LogP contribution in [0.3, 0.4) is 0 Å². The van der Waals surface area contributed by atoms with Crippen molar-refractivity contribution in [2.24, 2.45) is 11.3 Å². The van der Waals surface area contributed by atoms with Gasteiger partial charge in [0.1, 0.15) is 12.1 Å². The molecule has 4 amide bonds. The maximum atomic E-state index is 14.2. The molecule has 0 aliphatic carbocycles. The lowest BCUT2D eigenvalue weighted by Crippen LogP contribution is -2.60. The molecule has 1 aromatic rings. The highest BCUT2D eigenvalue weighted by Crippen LogP contribution is 2.27. The van der Waals surface area contributed by atoms with Gasteiger partial charge in [0, 0.05) is 38.8 Å². The number of nitrogens with one attached hydrogen (secondary N) is 1. The molecule has 1 aromatic carbocycles. The molecule has 0 bridgehead atoms. The van der Waals surface area contributed by atoms with Gasteiger partial charge >= 0.3 is 0 Å². The molecule has 9 heteroatoms. The van der Waals surface area contributed by atoms with Gasteiger partial charge in [-0.15, -0.1) is 0 Å². The second-order valence-electron chi connectivity index (χ2n) is 15.0. The van der Waals surface area contributed by atoms with E-state index in [0.717, 1.165) is 37.8 Å². The Hall–Kier alpha value is -3.20. The number of hydrogen-bond donors (Lipinski definition) is 1. The first kappa shape index (κ1) is 37.3. The number of carbonyl (C=O) groups excluding carboxylic acids is 4. The molecule has 2 aliphatic heterocycles. The average molecular weight is 638 g/mol. The van der Waals surface area contributed by atoms with Crippen molar-refractivity contribution in [2.45, 2.75) is 124 Å². The maximum Gasteiger partial charge on any atom is 0.249 e. The summed E-state index contributed by atoms with van der Waals surface area (Å²) in [6.07, 6.45) is 6.11. The van der Waals surface area contributed by atoms with E-state index in [1.807, 2.05) is 71.0 Å². The molecule has 0 radical (unpaired) electrons. The summed E-state index contributed by atoms with van der Waals surface area (Å²) in [6.45, 7) is 17.8. The van der Waals surface area contributed by atoms with Crippen molar-refractivity contribution in [3.05, 3.63) is 47.5 Å². The Morgan fingerprint density at radius 3 is 2.15 bits per heavy atom. The van der Waals surface area contributed by atoms with E-state index in [-0.39, 0.29) is 47.7 Å². The van der Waals surface area contributed by atoms with Gasteiger partial charge in [0.05, 0.1) is 12.1 Å². The number of rotatable bonds is 11. The van der Waals surface area contributed by atoms with E-state index in [1.54, 1.807) is 35.7 Å². The van der Waals surface area contributed by atoms with Crippen molar-refractivity contribution in [3.63, 3.8) is 0 Å². The van der Waals surface area contributed by atoms with Crippen molar-refractivity contribution in [1.29, 1.82) is 0 Å². The predicted octanol–water partition coefficient (Wildman–Crippen LogP) is 4.86. The van der Waals surface area contributed by atoms with E-state index in [1.165, 1.54) is 0 Å². The van der Waals surface area contributed by atoms with Gasteiger partial charge in [-0.3, -0.25) is 24.1 Å². The zero-order valence-corrected chi connectivity index (χ0v) is 30.0. The van der Waals surface area contributed by atoms with Gasteiger partial charge in [-0.25, -0.2) is 0 Å². The van der Waals surface area contributed by atoms with E-state index >= 15 is 0 Å². The van der Waals surface area contributed by atoms with Crippen LogP contribution in [0.15, 0.2) is 42.0 Å². The number of hydrogen-bond acceptors (Lipinski definition) is 5. The number of nitrogens with zero attached hydrogens (tertiary/aromatic N) is 4. The SMILES string of the molecule is C/C(=C\[C@H](C(C)C)N(C)C(=O)[C@@H](NC(=O)C1CCCCN1C(C)C)C(C)(C)C)C(=O)N1CCC[C@H]1C(=O)N(C)Cc1ccccc1. The summed E-state index contributed by atoms with van der Waals surface area (Å²) >= 11 is 0. The number of likely N-dealkylation sites (N-methyl/N-ethyl adjacent to an activating group) is 2. The molecule has 256 valence electrons. The number of carbonyl (C=O) groups is 4. The van der Waals surface area contributed by atoms with Gasteiger partial charge in [-0.1, -0.05) is 77.4 Å². The van der Waals surface area contributed by atoms with Crippen LogP contribution in [0, 0.1) is 11.3 Å². The molecule has 3 rings (SSSR count). The van der Waals surface area contributed by atoms with Gasteiger partial charge in [0.2, 0.25) is 23.6 Å². The zero-order valence-electron chi connectivity index (χ0n) is 30.0. The third kappa shape index (κ3) is 9.20. The van der Waals surface area contributed by atoms with Crippen LogP contribution in [0.5, 0.6) is 0 Å². The van der Waals surface area contributed by atoms with Crippen LogP contribution < -0.4 is 5.32 Å². The lowest BCUT2D eigenvalue weighted by molar-refractivity contribution is -0.142.